The molecule has 0 spiro atoms. The maximum Gasteiger partial charge on any atom is 0.338 e. The van der Waals surface area contributed by atoms with Gasteiger partial charge in [0.1, 0.15) is 0 Å². The van der Waals surface area contributed by atoms with Crippen molar-refractivity contribution < 1.29 is 23.5 Å². The van der Waals surface area contributed by atoms with Crippen molar-refractivity contribution in [1.29, 1.82) is 0 Å². The second-order valence-electron chi connectivity index (χ2n) is 7.17. The van der Waals surface area contributed by atoms with Crippen LogP contribution >= 0.6 is 0 Å². The van der Waals surface area contributed by atoms with E-state index in [0.29, 0.717) is 31.7 Å². The highest BCUT2D eigenvalue weighted by atomic mass is 16.5. The first kappa shape index (κ1) is 20.4. The molecule has 1 aliphatic rings. The zero-order valence-corrected chi connectivity index (χ0v) is 16.9. The number of carbonyl (C=O) groups excluding carboxylic acids is 3. The largest absolute Gasteiger partial charge is 0.459 e. The molecule has 7 heteroatoms. The van der Waals surface area contributed by atoms with E-state index in [4.69, 9.17) is 9.15 Å². The van der Waals surface area contributed by atoms with Crippen LogP contribution < -0.4 is 0 Å². The molecule has 2 heterocycles. The highest BCUT2D eigenvalue weighted by molar-refractivity contribution is 5.92. The van der Waals surface area contributed by atoms with Crippen molar-refractivity contribution in [2.24, 2.45) is 0 Å². The topological polar surface area (TPSA) is 80.1 Å². The standard InChI is InChI=1S/C24H22N2O5/c27-22(25-12-14-26(15-13-25)23(28)21-7-4-16-30-21)17-31-24(29)20-10-8-19(9-11-20)18-5-2-1-3-6-18/h1-11,16H,12-15,17H2. The Hall–Kier alpha value is -3.87. The third-order valence-electron chi connectivity index (χ3n) is 5.21. The van der Waals surface area contributed by atoms with E-state index in [2.05, 4.69) is 0 Å². The van der Waals surface area contributed by atoms with Crippen molar-refractivity contribution in [3.8, 4) is 11.1 Å². The third-order valence-corrected chi connectivity index (χ3v) is 5.21. The number of hydrogen-bond acceptors (Lipinski definition) is 5. The summed E-state index contributed by atoms with van der Waals surface area (Å²) in [7, 11) is 0. The molecule has 0 aliphatic carbocycles. The van der Waals surface area contributed by atoms with Crippen molar-refractivity contribution in [2.45, 2.75) is 0 Å². The molecule has 0 atom stereocenters. The lowest BCUT2D eigenvalue weighted by Crippen LogP contribution is -2.51. The molecule has 3 aromatic rings. The second kappa shape index (κ2) is 9.30. The summed E-state index contributed by atoms with van der Waals surface area (Å²) in [6.45, 7) is 1.24. The summed E-state index contributed by atoms with van der Waals surface area (Å²) in [6, 6.07) is 20.2. The van der Waals surface area contributed by atoms with Crippen LogP contribution in [-0.4, -0.2) is 60.4 Å². The van der Waals surface area contributed by atoms with Gasteiger partial charge < -0.3 is 19.0 Å². The van der Waals surface area contributed by atoms with Crippen molar-refractivity contribution >= 4 is 17.8 Å². The summed E-state index contributed by atoms with van der Waals surface area (Å²) < 4.78 is 10.3. The molecule has 0 bridgehead atoms. The van der Waals surface area contributed by atoms with E-state index in [0.717, 1.165) is 11.1 Å². The van der Waals surface area contributed by atoms with Crippen LogP contribution in [0.25, 0.3) is 11.1 Å². The average Bonchev–Trinajstić information content (AvgIpc) is 3.38. The molecule has 31 heavy (non-hydrogen) atoms. The fourth-order valence-electron chi connectivity index (χ4n) is 3.45. The van der Waals surface area contributed by atoms with Crippen LogP contribution in [-0.2, 0) is 9.53 Å². The van der Waals surface area contributed by atoms with E-state index in [-0.39, 0.29) is 24.2 Å². The van der Waals surface area contributed by atoms with Gasteiger partial charge in [-0.2, -0.15) is 0 Å². The molecule has 0 N–H and O–H groups in total. The van der Waals surface area contributed by atoms with E-state index in [9.17, 15) is 14.4 Å². The Bertz CT molecular complexity index is 1040. The fourth-order valence-corrected chi connectivity index (χ4v) is 3.45. The van der Waals surface area contributed by atoms with Crippen molar-refractivity contribution in [2.75, 3.05) is 32.8 Å². The van der Waals surface area contributed by atoms with Crippen LogP contribution in [0, 0.1) is 0 Å². The Balaban J connectivity index is 1.25. The van der Waals surface area contributed by atoms with Gasteiger partial charge in [0.2, 0.25) is 0 Å². The maximum atomic E-state index is 12.4. The Labute approximate surface area is 179 Å². The second-order valence-corrected chi connectivity index (χ2v) is 7.17. The number of piperazine rings is 1. The number of furan rings is 1. The highest BCUT2D eigenvalue weighted by Gasteiger charge is 2.26. The van der Waals surface area contributed by atoms with Crippen LogP contribution in [0.2, 0.25) is 0 Å². The number of benzene rings is 2. The zero-order chi connectivity index (χ0) is 21.6. The van der Waals surface area contributed by atoms with E-state index >= 15 is 0 Å². The predicted molar refractivity (Wildman–Crippen MR) is 113 cm³/mol. The minimum Gasteiger partial charge on any atom is -0.459 e. The van der Waals surface area contributed by atoms with Gasteiger partial charge in [-0.05, 0) is 35.4 Å². The van der Waals surface area contributed by atoms with E-state index in [1.165, 1.54) is 6.26 Å². The Morgan fingerprint density at radius 1 is 0.774 bits per heavy atom. The molecular formula is C24H22N2O5. The molecule has 7 nitrogen and oxygen atoms in total. The molecule has 158 valence electrons. The van der Waals surface area contributed by atoms with Gasteiger partial charge in [-0.25, -0.2) is 4.79 Å². The Morgan fingerprint density at radius 2 is 1.42 bits per heavy atom. The first-order valence-electron chi connectivity index (χ1n) is 10.0. The van der Waals surface area contributed by atoms with Crippen LogP contribution in [0.5, 0.6) is 0 Å². The van der Waals surface area contributed by atoms with E-state index in [1.807, 2.05) is 42.5 Å². The number of esters is 1. The SMILES string of the molecule is O=C(OCC(=O)N1CCN(C(=O)c2ccco2)CC1)c1ccc(-c2ccccc2)cc1. The number of hydrogen-bond donors (Lipinski definition) is 0. The minimum absolute atomic E-state index is 0.192. The van der Waals surface area contributed by atoms with Gasteiger partial charge in [-0.3, -0.25) is 9.59 Å². The number of rotatable bonds is 5. The fraction of sp³-hybridized carbons (Fsp3) is 0.208. The number of carbonyl (C=O) groups is 3. The van der Waals surface area contributed by atoms with Crippen molar-refractivity contribution in [3.63, 3.8) is 0 Å². The van der Waals surface area contributed by atoms with Gasteiger partial charge in [0.25, 0.3) is 11.8 Å². The minimum atomic E-state index is -0.542. The first-order chi connectivity index (χ1) is 15.1. The predicted octanol–water partition coefficient (Wildman–Crippen LogP) is 3.09. The van der Waals surface area contributed by atoms with Crippen molar-refractivity contribution in [1.82, 2.24) is 9.80 Å². The summed E-state index contributed by atoms with van der Waals surface area (Å²) in [5.74, 6) is -0.728. The summed E-state index contributed by atoms with van der Waals surface area (Å²) in [6.07, 6.45) is 1.45. The molecule has 2 aromatic carbocycles. The van der Waals surface area contributed by atoms with Gasteiger partial charge >= 0.3 is 5.97 Å². The molecular weight excluding hydrogens is 396 g/mol. The number of nitrogens with zero attached hydrogens (tertiary/aromatic N) is 2. The van der Waals surface area contributed by atoms with Crippen molar-refractivity contribution in [3.05, 3.63) is 84.3 Å². The monoisotopic (exact) mass is 418 g/mol. The molecule has 4 rings (SSSR count). The number of amides is 2. The normalized spacial score (nSPS) is 13.7. The number of ether oxygens (including phenoxy) is 1. The molecule has 1 aromatic heterocycles. The van der Waals surface area contributed by atoms with Gasteiger partial charge in [0.15, 0.2) is 12.4 Å². The molecule has 0 unspecified atom stereocenters. The summed E-state index contributed by atoms with van der Waals surface area (Å²) in [5, 5.41) is 0. The van der Waals surface area contributed by atoms with Gasteiger partial charge in [-0.15, -0.1) is 0 Å². The van der Waals surface area contributed by atoms with Crippen LogP contribution in [0.4, 0.5) is 0 Å². The lowest BCUT2D eigenvalue weighted by Gasteiger charge is -2.34. The average molecular weight is 418 g/mol. The Kier molecular flexibility index (Phi) is 6.12. The third kappa shape index (κ3) is 4.83. The van der Waals surface area contributed by atoms with Crippen LogP contribution in [0.3, 0.4) is 0 Å². The smallest absolute Gasteiger partial charge is 0.338 e. The van der Waals surface area contributed by atoms with Gasteiger partial charge in [0, 0.05) is 26.2 Å². The van der Waals surface area contributed by atoms with E-state index < -0.39 is 5.97 Å². The molecule has 2 amide bonds. The zero-order valence-electron chi connectivity index (χ0n) is 16.9. The highest BCUT2D eigenvalue weighted by Crippen LogP contribution is 2.19. The summed E-state index contributed by atoms with van der Waals surface area (Å²) in [4.78, 5) is 40.2. The molecule has 1 saturated heterocycles. The Morgan fingerprint density at radius 3 is 2.06 bits per heavy atom. The van der Waals surface area contributed by atoms with Gasteiger partial charge in [0.05, 0.1) is 11.8 Å². The maximum absolute atomic E-state index is 12.4. The van der Waals surface area contributed by atoms with Crippen LogP contribution in [0.1, 0.15) is 20.9 Å². The van der Waals surface area contributed by atoms with Crippen LogP contribution in [0.15, 0.2) is 77.4 Å². The summed E-state index contributed by atoms with van der Waals surface area (Å²) >= 11 is 0. The molecule has 1 fully saturated rings. The molecule has 0 saturated carbocycles. The lowest BCUT2D eigenvalue weighted by atomic mass is 10.0. The quantitative estimate of drug-likeness (QED) is 0.595. The lowest BCUT2D eigenvalue weighted by molar-refractivity contribution is -0.136. The van der Waals surface area contributed by atoms with E-state index in [1.54, 1.807) is 34.1 Å². The van der Waals surface area contributed by atoms with Gasteiger partial charge in [-0.1, -0.05) is 42.5 Å². The summed E-state index contributed by atoms with van der Waals surface area (Å²) in [5.41, 5.74) is 2.44. The first-order valence-corrected chi connectivity index (χ1v) is 10.0. The molecule has 0 radical (unpaired) electrons. The molecule has 1 aliphatic heterocycles.